The van der Waals surface area contributed by atoms with Crippen LogP contribution in [0.25, 0.3) is 5.65 Å². The van der Waals surface area contributed by atoms with Gasteiger partial charge >= 0.3 is 17.9 Å². The van der Waals surface area contributed by atoms with Crippen LogP contribution in [0.3, 0.4) is 0 Å². The molecule has 1 saturated heterocycles. The fourth-order valence-corrected chi connectivity index (χ4v) is 7.34. The van der Waals surface area contributed by atoms with Crippen molar-refractivity contribution in [2.75, 3.05) is 28.7 Å². The van der Waals surface area contributed by atoms with Gasteiger partial charge in [0.05, 0.1) is 7.05 Å². The lowest BCUT2D eigenvalue weighted by atomic mass is 10.0. The zero-order chi connectivity index (χ0) is 32.8. The standard InChI is InChI=1S/C24H27N11O7S3/c1-4-24(2,20(40)41)42-32-13(10-8-44-22(27)28-10)16(36)30-14-17(37)34-15(19(38)39)9(6-43-18(14)34)7-45-23-29-11(25)5-12-33(3)21(26)31-35(12)23/h5,8,14,18,25H,4,6-7H2,1-3H3,(H7,26,27,28,30,31,36,38,39,40,41)/p+1/b32-13-/t14?,18-,24?/m0/s1. The van der Waals surface area contributed by atoms with Gasteiger partial charge in [-0.3, -0.25) is 14.5 Å². The molecule has 0 saturated carbocycles. The van der Waals surface area contributed by atoms with Crippen molar-refractivity contribution in [3.05, 3.63) is 28.4 Å². The van der Waals surface area contributed by atoms with Gasteiger partial charge in [-0.2, -0.15) is 4.98 Å². The number of oxime groups is 1. The van der Waals surface area contributed by atoms with Crippen molar-refractivity contribution in [3.63, 3.8) is 0 Å². The summed E-state index contributed by atoms with van der Waals surface area (Å²) in [5.41, 5.74) is 16.3. The molecule has 0 radical (unpaired) electrons. The van der Waals surface area contributed by atoms with E-state index in [1.807, 2.05) is 0 Å². The fourth-order valence-electron chi connectivity index (χ4n) is 4.35. The molecule has 45 heavy (non-hydrogen) atoms. The first-order chi connectivity index (χ1) is 21.2. The van der Waals surface area contributed by atoms with Gasteiger partial charge in [0.2, 0.25) is 16.4 Å². The number of hydrogen-bond acceptors (Lipinski definition) is 15. The second-order valence-electron chi connectivity index (χ2n) is 10.0. The highest BCUT2D eigenvalue weighted by Gasteiger charge is 2.54. The van der Waals surface area contributed by atoms with Crippen LogP contribution in [0.4, 0.5) is 16.9 Å². The second-order valence-corrected chi connectivity index (χ2v) is 13.0. The number of hydrogen-bond donors (Lipinski definition) is 6. The van der Waals surface area contributed by atoms with Gasteiger partial charge in [0, 0.05) is 28.1 Å². The number of nitrogens with two attached hydrogens (primary N) is 3. The number of nitrogens with one attached hydrogen (secondary N) is 1. The van der Waals surface area contributed by atoms with Crippen molar-refractivity contribution in [1.29, 1.82) is 0 Å². The van der Waals surface area contributed by atoms with Crippen LogP contribution in [0.15, 0.2) is 33.0 Å². The topological polar surface area (TPSA) is 271 Å². The van der Waals surface area contributed by atoms with Gasteiger partial charge in [-0.1, -0.05) is 28.4 Å². The molecule has 3 aromatic rings. The van der Waals surface area contributed by atoms with Crippen molar-refractivity contribution in [3.8, 4) is 0 Å². The second kappa shape index (κ2) is 12.0. The number of fused-ring (bicyclic) bond motifs is 2. The molecular formula is C24H28N11O7S3+. The molecule has 2 unspecified atom stereocenters. The summed E-state index contributed by atoms with van der Waals surface area (Å²) in [6.45, 7) is 2.87. The summed E-state index contributed by atoms with van der Waals surface area (Å²) in [4.78, 5) is 65.4. The molecule has 3 atom stereocenters. The highest BCUT2D eigenvalue weighted by molar-refractivity contribution is 8.01. The highest BCUT2D eigenvalue weighted by Crippen LogP contribution is 2.41. The number of nitrogens with zero attached hydrogens (tertiary/aromatic N) is 7. The molecule has 2 aliphatic rings. The van der Waals surface area contributed by atoms with E-state index in [0.29, 0.717) is 16.4 Å². The van der Waals surface area contributed by atoms with E-state index >= 15 is 0 Å². The number of carbonyl (C=O) groups is 4. The molecule has 2 aliphatic heterocycles. The van der Waals surface area contributed by atoms with Crippen LogP contribution in [0.5, 0.6) is 0 Å². The van der Waals surface area contributed by atoms with Crippen molar-refractivity contribution in [2.24, 2.45) is 12.2 Å². The van der Waals surface area contributed by atoms with Crippen LogP contribution in [-0.4, -0.2) is 92.7 Å². The van der Waals surface area contributed by atoms with Crippen LogP contribution in [0, 0.1) is 0 Å². The average Bonchev–Trinajstić information content (AvgIpc) is 3.55. The Hall–Kier alpha value is -4.63. The first kappa shape index (κ1) is 31.8. The molecule has 0 spiro atoms. The molecule has 5 heterocycles. The van der Waals surface area contributed by atoms with Crippen molar-refractivity contribution < 1.29 is 38.8 Å². The molecule has 18 nitrogen and oxygen atoms in total. The van der Waals surface area contributed by atoms with Gasteiger partial charge in [-0.15, -0.1) is 23.1 Å². The number of β-lactam (4-membered cyclic amide) rings is 1. The third kappa shape index (κ3) is 5.80. The molecule has 0 bridgehead atoms. The average molecular weight is 679 g/mol. The van der Waals surface area contributed by atoms with Crippen LogP contribution in [0.2, 0.25) is 0 Å². The Labute approximate surface area is 266 Å². The number of aryl methyl sites for hydroxylation is 1. The fraction of sp³-hybridized carbons (Fsp3) is 0.375. The summed E-state index contributed by atoms with van der Waals surface area (Å²) in [5.74, 6) is -3.31. The SMILES string of the molecule is CCC(C)(O/N=C(\C(=O)NC1C(=O)N2C(C(=O)O)=C(CSc3nc(N)cc4n3nc(N)[n+]4C)CS[C@@H]12)c1csc(N)n1)C(=O)O. The number of nitrogen functional groups attached to an aromatic ring is 3. The van der Waals surface area contributed by atoms with E-state index in [1.54, 1.807) is 24.6 Å². The Kier molecular flexibility index (Phi) is 8.51. The summed E-state index contributed by atoms with van der Waals surface area (Å²) in [5, 5.41) is 31.4. The van der Waals surface area contributed by atoms with Crippen LogP contribution in [0.1, 0.15) is 26.0 Å². The number of thiazole rings is 1. The first-order valence-corrected chi connectivity index (χ1v) is 16.0. The first-order valence-electron chi connectivity index (χ1n) is 13.1. The number of aliphatic carboxylic acids is 2. The predicted octanol–water partition coefficient (Wildman–Crippen LogP) is -0.738. The quantitative estimate of drug-likeness (QED) is 0.0364. The van der Waals surface area contributed by atoms with E-state index in [1.165, 1.54) is 40.3 Å². The minimum absolute atomic E-state index is 0.0148. The number of carbonyl (C=O) groups excluding carboxylic acids is 2. The number of carboxylic acids is 2. The lowest BCUT2D eigenvalue weighted by Crippen LogP contribution is -2.71. The van der Waals surface area contributed by atoms with E-state index in [9.17, 15) is 29.4 Å². The van der Waals surface area contributed by atoms with E-state index in [2.05, 4.69) is 25.5 Å². The molecular weight excluding hydrogens is 651 g/mol. The third-order valence-electron chi connectivity index (χ3n) is 7.15. The van der Waals surface area contributed by atoms with Crippen LogP contribution >= 0.6 is 34.9 Å². The predicted molar refractivity (Wildman–Crippen MR) is 164 cm³/mol. The molecule has 0 aliphatic carbocycles. The summed E-state index contributed by atoms with van der Waals surface area (Å²) in [6, 6.07) is 0.496. The Morgan fingerprint density at radius 3 is 2.64 bits per heavy atom. The molecule has 0 aromatic carbocycles. The van der Waals surface area contributed by atoms with E-state index in [-0.39, 0.29) is 46.2 Å². The zero-order valence-corrected chi connectivity index (χ0v) is 26.4. The van der Waals surface area contributed by atoms with Gasteiger partial charge in [0.25, 0.3) is 11.8 Å². The molecule has 21 heteroatoms. The zero-order valence-electron chi connectivity index (χ0n) is 24.0. The molecule has 3 aromatic heterocycles. The Bertz CT molecular complexity index is 1810. The summed E-state index contributed by atoms with van der Waals surface area (Å²) >= 11 is 3.46. The number of aromatic nitrogens is 5. The summed E-state index contributed by atoms with van der Waals surface area (Å²) < 4.78 is 3.12. The number of anilines is 3. The van der Waals surface area contributed by atoms with E-state index in [0.717, 1.165) is 16.2 Å². The highest BCUT2D eigenvalue weighted by atomic mass is 32.2. The van der Waals surface area contributed by atoms with E-state index < -0.39 is 46.5 Å². The van der Waals surface area contributed by atoms with Gasteiger partial charge in [-0.05, 0) is 18.9 Å². The molecule has 1 fully saturated rings. The third-order valence-corrected chi connectivity index (χ3v) is 10.2. The maximum atomic E-state index is 13.4. The Morgan fingerprint density at radius 1 is 1.29 bits per heavy atom. The van der Waals surface area contributed by atoms with Gasteiger partial charge in [0.15, 0.2) is 10.8 Å². The van der Waals surface area contributed by atoms with Crippen molar-refractivity contribution >= 4 is 86.9 Å². The Morgan fingerprint density at radius 2 is 2.02 bits per heavy atom. The van der Waals surface area contributed by atoms with Gasteiger partial charge < -0.3 is 37.6 Å². The van der Waals surface area contributed by atoms with Gasteiger partial charge in [0.1, 0.15) is 28.6 Å². The molecule has 5 rings (SSSR count). The minimum Gasteiger partial charge on any atom is -0.478 e. The summed E-state index contributed by atoms with van der Waals surface area (Å²) in [7, 11) is 1.71. The number of rotatable bonds is 11. The molecule has 238 valence electrons. The molecule has 2 amide bonds. The normalized spacial score (nSPS) is 19.6. The monoisotopic (exact) mass is 678 g/mol. The van der Waals surface area contributed by atoms with Crippen molar-refractivity contribution in [1.82, 2.24) is 29.8 Å². The molecule has 9 N–H and O–H groups in total. The largest absolute Gasteiger partial charge is 0.478 e. The lowest BCUT2D eigenvalue weighted by molar-refractivity contribution is -0.631. The minimum atomic E-state index is -1.74. The Balaban J connectivity index is 1.36. The maximum Gasteiger partial charge on any atom is 0.376 e. The van der Waals surface area contributed by atoms with Crippen molar-refractivity contribution in [2.45, 2.75) is 42.4 Å². The lowest BCUT2D eigenvalue weighted by Gasteiger charge is -2.49. The van der Waals surface area contributed by atoms with Crippen LogP contribution in [-0.2, 0) is 31.1 Å². The number of carboxylic acid groups (broad SMARTS) is 2. The van der Waals surface area contributed by atoms with Crippen LogP contribution < -0.4 is 27.1 Å². The number of amides is 2. The smallest absolute Gasteiger partial charge is 0.376 e. The maximum absolute atomic E-state index is 13.4. The number of thioether (sulfide) groups is 2. The van der Waals surface area contributed by atoms with E-state index in [4.69, 9.17) is 22.0 Å². The summed E-state index contributed by atoms with van der Waals surface area (Å²) in [6.07, 6.45) is 0.0346. The van der Waals surface area contributed by atoms with Gasteiger partial charge in [-0.25, -0.2) is 19.1 Å².